The summed E-state index contributed by atoms with van der Waals surface area (Å²) in [6.07, 6.45) is 5.49. The predicted molar refractivity (Wildman–Crippen MR) is 112 cm³/mol. The van der Waals surface area contributed by atoms with Crippen molar-refractivity contribution in [3.05, 3.63) is 65.0 Å². The molecule has 1 aliphatic heterocycles. The summed E-state index contributed by atoms with van der Waals surface area (Å²) in [5.41, 5.74) is 3.58. The Bertz CT molecular complexity index is 917. The van der Waals surface area contributed by atoms with E-state index in [-0.39, 0.29) is 23.0 Å². The molecule has 0 saturated heterocycles. The summed E-state index contributed by atoms with van der Waals surface area (Å²) in [5.74, 6) is -0.218. The van der Waals surface area contributed by atoms with Gasteiger partial charge in [0.15, 0.2) is 0 Å². The Labute approximate surface area is 171 Å². The van der Waals surface area contributed by atoms with Crippen LogP contribution in [-0.4, -0.2) is 24.9 Å². The molecule has 0 radical (unpaired) electrons. The fraction of sp³-hybridized carbons (Fsp3) is 0.417. The first-order valence-electron chi connectivity index (χ1n) is 10.5. The number of carbonyl (C=O) groups excluding carboxylic acids is 2. The van der Waals surface area contributed by atoms with Gasteiger partial charge in [0.1, 0.15) is 5.82 Å². The molecule has 2 aromatic carbocycles. The molecule has 1 N–H and O–H groups in total. The molecule has 0 atom stereocenters. The fourth-order valence-corrected chi connectivity index (χ4v) is 4.77. The zero-order valence-electron chi connectivity index (χ0n) is 16.8. The lowest BCUT2D eigenvalue weighted by molar-refractivity contribution is -0.118. The van der Waals surface area contributed by atoms with Gasteiger partial charge in [-0.05, 0) is 60.7 Å². The van der Waals surface area contributed by atoms with Crippen molar-refractivity contribution in [3.8, 4) is 0 Å². The number of hydrogen-bond donors (Lipinski definition) is 1. The molecule has 2 aromatic rings. The van der Waals surface area contributed by atoms with Crippen LogP contribution in [0.25, 0.3) is 0 Å². The van der Waals surface area contributed by atoms with Gasteiger partial charge in [-0.2, -0.15) is 0 Å². The van der Waals surface area contributed by atoms with Gasteiger partial charge in [0.25, 0.3) is 5.91 Å². The Morgan fingerprint density at radius 1 is 1.10 bits per heavy atom. The van der Waals surface area contributed by atoms with Crippen molar-refractivity contribution in [2.24, 2.45) is 0 Å². The standard InChI is InChI=1S/C24H27FN2O2/c1-2-22(28)27-14-11-17-15-18(5-10-21(17)27)23(29)26-16-24(12-3-4-13-24)19-6-8-20(25)9-7-19/h5-10,15H,2-4,11-14,16H2,1H3,(H,26,29). The minimum Gasteiger partial charge on any atom is -0.351 e. The first-order valence-corrected chi connectivity index (χ1v) is 10.5. The Balaban J connectivity index is 1.48. The molecule has 29 heavy (non-hydrogen) atoms. The monoisotopic (exact) mass is 394 g/mol. The van der Waals surface area contributed by atoms with Gasteiger partial charge in [-0.25, -0.2) is 4.39 Å². The summed E-state index contributed by atoms with van der Waals surface area (Å²) in [5, 5.41) is 3.12. The van der Waals surface area contributed by atoms with Crippen molar-refractivity contribution >= 4 is 17.5 Å². The van der Waals surface area contributed by atoms with E-state index in [1.807, 2.05) is 31.2 Å². The van der Waals surface area contributed by atoms with E-state index in [4.69, 9.17) is 0 Å². The lowest BCUT2D eigenvalue weighted by atomic mass is 9.78. The minimum absolute atomic E-state index is 0.0959. The predicted octanol–water partition coefficient (Wildman–Crippen LogP) is 4.37. The number of fused-ring (bicyclic) bond motifs is 1. The first-order chi connectivity index (χ1) is 14.0. The molecule has 0 bridgehead atoms. The molecule has 1 fully saturated rings. The van der Waals surface area contributed by atoms with Crippen LogP contribution in [0.2, 0.25) is 0 Å². The van der Waals surface area contributed by atoms with E-state index in [0.717, 1.165) is 48.9 Å². The summed E-state index contributed by atoms with van der Waals surface area (Å²) in [4.78, 5) is 26.7. The second kappa shape index (κ2) is 7.97. The smallest absolute Gasteiger partial charge is 0.251 e. The van der Waals surface area contributed by atoms with Crippen LogP contribution in [0.15, 0.2) is 42.5 Å². The van der Waals surface area contributed by atoms with Crippen LogP contribution in [0.1, 0.15) is 60.5 Å². The van der Waals surface area contributed by atoms with Gasteiger partial charge < -0.3 is 10.2 Å². The summed E-state index contributed by atoms with van der Waals surface area (Å²) < 4.78 is 13.3. The Kier molecular flexibility index (Phi) is 5.39. The second-order valence-electron chi connectivity index (χ2n) is 8.17. The zero-order chi connectivity index (χ0) is 20.4. The van der Waals surface area contributed by atoms with Crippen molar-refractivity contribution < 1.29 is 14.0 Å². The molecule has 0 unspecified atom stereocenters. The minimum atomic E-state index is -0.236. The Hall–Kier alpha value is -2.69. The average Bonchev–Trinajstić information content (AvgIpc) is 3.39. The highest BCUT2D eigenvalue weighted by molar-refractivity contribution is 5.98. The summed E-state index contributed by atoms with van der Waals surface area (Å²) >= 11 is 0. The molecule has 5 heteroatoms. The van der Waals surface area contributed by atoms with Gasteiger partial charge in [0.05, 0.1) is 0 Å². The maximum absolute atomic E-state index is 13.3. The van der Waals surface area contributed by atoms with Crippen molar-refractivity contribution in [1.29, 1.82) is 0 Å². The van der Waals surface area contributed by atoms with Crippen LogP contribution in [-0.2, 0) is 16.6 Å². The number of amides is 2. The lowest BCUT2D eigenvalue weighted by Crippen LogP contribution is -2.39. The maximum atomic E-state index is 13.3. The molecule has 0 aromatic heterocycles. The maximum Gasteiger partial charge on any atom is 0.251 e. The number of benzene rings is 2. The van der Waals surface area contributed by atoms with Crippen molar-refractivity contribution in [3.63, 3.8) is 0 Å². The molecule has 2 aliphatic rings. The van der Waals surface area contributed by atoms with E-state index in [9.17, 15) is 14.0 Å². The molecule has 152 valence electrons. The van der Waals surface area contributed by atoms with Gasteiger partial charge >= 0.3 is 0 Å². The van der Waals surface area contributed by atoms with E-state index < -0.39 is 0 Å². The molecule has 1 aliphatic carbocycles. The number of halogens is 1. The van der Waals surface area contributed by atoms with Gasteiger partial charge in [0, 0.05) is 36.2 Å². The topological polar surface area (TPSA) is 49.4 Å². The highest BCUT2D eigenvalue weighted by atomic mass is 19.1. The number of hydrogen-bond acceptors (Lipinski definition) is 2. The highest BCUT2D eigenvalue weighted by Gasteiger charge is 2.36. The van der Waals surface area contributed by atoms with Crippen LogP contribution < -0.4 is 10.2 Å². The van der Waals surface area contributed by atoms with Crippen LogP contribution >= 0.6 is 0 Å². The van der Waals surface area contributed by atoms with Crippen molar-refractivity contribution in [2.45, 2.75) is 50.9 Å². The molecular formula is C24H27FN2O2. The van der Waals surface area contributed by atoms with E-state index in [1.165, 1.54) is 12.1 Å². The Morgan fingerprint density at radius 2 is 1.83 bits per heavy atom. The second-order valence-corrected chi connectivity index (χ2v) is 8.17. The first kappa shape index (κ1) is 19.6. The normalized spacial score (nSPS) is 17.2. The van der Waals surface area contributed by atoms with Gasteiger partial charge in [-0.15, -0.1) is 0 Å². The van der Waals surface area contributed by atoms with Crippen LogP contribution in [0.4, 0.5) is 10.1 Å². The summed E-state index contributed by atoms with van der Waals surface area (Å²) in [7, 11) is 0. The molecular weight excluding hydrogens is 367 g/mol. The number of nitrogens with zero attached hydrogens (tertiary/aromatic N) is 1. The third-order valence-corrected chi connectivity index (χ3v) is 6.45. The van der Waals surface area contributed by atoms with Gasteiger partial charge in [-0.1, -0.05) is 31.9 Å². The summed E-state index contributed by atoms with van der Waals surface area (Å²) in [6.45, 7) is 3.10. The average molecular weight is 394 g/mol. The molecule has 2 amide bonds. The van der Waals surface area contributed by atoms with Crippen molar-refractivity contribution in [1.82, 2.24) is 5.32 Å². The highest BCUT2D eigenvalue weighted by Crippen LogP contribution is 2.40. The number of carbonyl (C=O) groups is 2. The van der Waals surface area contributed by atoms with E-state index in [0.29, 0.717) is 25.1 Å². The summed E-state index contributed by atoms with van der Waals surface area (Å²) in [6, 6.07) is 12.3. The number of nitrogens with one attached hydrogen (secondary N) is 1. The van der Waals surface area contributed by atoms with Crippen molar-refractivity contribution in [2.75, 3.05) is 18.0 Å². The lowest BCUT2D eigenvalue weighted by Gasteiger charge is -2.30. The fourth-order valence-electron chi connectivity index (χ4n) is 4.77. The molecule has 0 spiro atoms. The number of anilines is 1. The Morgan fingerprint density at radius 3 is 2.52 bits per heavy atom. The number of rotatable bonds is 5. The third kappa shape index (κ3) is 3.78. The molecule has 4 rings (SSSR count). The van der Waals surface area contributed by atoms with Gasteiger partial charge in [-0.3, -0.25) is 9.59 Å². The quantitative estimate of drug-likeness (QED) is 0.819. The van der Waals surface area contributed by atoms with Crippen LogP contribution in [0.5, 0.6) is 0 Å². The van der Waals surface area contributed by atoms with Gasteiger partial charge in [0.2, 0.25) is 5.91 Å². The van der Waals surface area contributed by atoms with E-state index in [1.54, 1.807) is 11.0 Å². The van der Waals surface area contributed by atoms with E-state index in [2.05, 4.69) is 5.32 Å². The molecule has 4 nitrogen and oxygen atoms in total. The SMILES string of the molecule is CCC(=O)N1CCc2cc(C(=O)NCC3(c4ccc(F)cc4)CCCC3)ccc21. The van der Waals surface area contributed by atoms with Crippen LogP contribution in [0.3, 0.4) is 0 Å². The third-order valence-electron chi connectivity index (χ3n) is 6.45. The largest absolute Gasteiger partial charge is 0.351 e. The molecule has 1 saturated carbocycles. The zero-order valence-corrected chi connectivity index (χ0v) is 16.8. The van der Waals surface area contributed by atoms with Crippen LogP contribution in [0, 0.1) is 5.82 Å². The van der Waals surface area contributed by atoms with E-state index >= 15 is 0 Å². The molecule has 1 heterocycles.